The van der Waals surface area contributed by atoms with Crippen LogP contribution in [0.25, 0.3) is 10.8 Å². The second kappa shape index (κ2) is 5.42. The van der Waals surface area contributed by atoms with Crippen LogP contribution >= 0.6 is 0 Å². The molecule has 0 saturated carbocycles. The summed E-state index contributed by atoms with van der Waals surface area (Å²) in [6.07, 6.45) is 0.497. The molecule has 2 aromatic rings. The summed E-state index contributed by atoms with van der Waals surface area (Å²) < 4.78 is 18.9. The summed E-state index contributed by atoms with van der Waals surface area (Å²) in [6.45, 7) is 0.834. The van der Waals surface area contributed by atoms with E-state index in [1.807, 2.05) is 0 Å². The molecule has 2 aromatic carbocycles. The van der Waals surface area contributed by atoms with E-state index in [-0.39, 0.29) is 24.9 Å². The van der Waals surface area contributed by atoms with Crippen LogP contribution in [0.2, 0.25) is 0 Å². The maximum atomic E-state index is 13.7. The standard InChI is InChI=1S/C16H16FNO3/c17-14-6-5-13(11-3-1-2-4-12(11)14)15(19)18-9-16(20)7-8-21-10-16/h1-6,20H,7-10H2,(H,18,19). The first-order valence-electron chi connectivity index (χ1n) is 6.85. The summed E-state index contributed by atoms with van der Waals surface area (Å²) in [6, 6.07) is 9.58. The molecule has 0 spiro atoms. The first-order valence-corrected chi connectivity index (χ1v) is 6.85. The molecule has 0 radical (unpaired) electrons. The number of aliphatic hydroxyl groups is 1. The Hall–Kier alpha value is -1.98. The smallest absolute Gasteiger partial charge is 0.252 e. The lowest BCUT2D eigenvalue weighted by Crippen LogP contribution is -2.43. The number of halogens is 1. The fraction of sp³-hybridized carbons (Fsp3) is 0.312. The highest BCUT2D eigenvalue weighted by Crippen LogP contribution is 2.22. The third kappa shape index (κ3) is 2.75. The number of carbonyl (C=O) groups is 1. The average Bonchev–Trinajstić information content (AvgIpc) is 2.93. The monoisotopic (exact) mass is 289 g/mol. The van der Waals surface area contributed by atoms with Crippen LogP contribution in [0.5, 0.6) is 0 Å². The van der Waals surface area contributed by atoms with Gasteiger partial charge >= 0.3 is 0 Å². The lowest BCUT2D eigenvalue weighted by atomic mass is 10.0. The Morgan fingerprint density at radius 3 is 2.76 bits per heavy atom. The number of amides is 1. The van der Waals surface area contributed by atoms with Crippen molar-refractivity contribution in [3.05, 3.63) is 47.8 Å². The number of carbonyl (C=O) groups excluding carboxylic acids is 1. The lowest BCUT2D eigenvalue weighted by molar-refractivity contribution is 0.0265. The minimum Gasteiger partial charge on any atom is -0.386 e. The SMILES string of the molecule is O=C(NCC1(O)CCOC1)c1ccc(F)c2ccccc12. The molecule has 0 aromatic heterocycles. The summed E-state index contributed by atoms with van der Waals surface area (Å²) in [5.41, 5.74) is -0.611. The normalized spacial score (nSPS) is 21.6. The fourth-order valence-corrected chi connectivity index (χ4v) is 2.54. The van der Waals surface area contributed by atoms with Gasteiger partial charge in [0.1, 0.15) is 11.4 Å². The number of ether oxygens (including phenoxy) is 1. The van der Waals surface area contributed by atoms with Crippen molar-refractivity contribution < 1.29 is 19.0 Å². The number of rotatable bonds is 3. The summed E-state index contributed by atoms with van der Waals surface area (Å²) in [4.78, 5) is 12.3. The molecule has 1 amide bonds. The first-order chi connectivity index (χ1) is 10.1. The van der Waals surface area contributed by atoms with Gasteiger partial charge in [0.15, 0.2) is 0 Å². The van der Waals surface area contributed by atoms with E-state index in [0.717, 1.165) is 0 Å². The van der Waals surface area contributed by atoms with E-state index in [2.05, 4.69) is 5.32 Å². The minimum atomic E-state index is -1.01. The molecule has 2 N–H and O–H groups in total. The zero-order valence-electron chi connectivity index (χ0n) is 11.4. The van der Waals surface area contributed by atoms with Gasteiger partial charge < -0.3 is 15.2 Å². The third-order valence-electron chi connectivity index (χ3n) is 3.78. The van der Waals surface area contributed by atoms with Crippen LogP contribution in [0.3, 0.4) is 0 Å². The minimum absolute atomic E-state index is 0.123. The quantitative estimate of drug-likeness (QED) is 0.906. The van der Waals surface area contributed by atoms with E-state index >= 15 is 0 Å². The van der Waals surface area contributed by atoms with Gasteiger partial charge in [0.25, 0.3) is 5.91 Å². The summed E-state index contributed by atoms with van der Waals surface area (Å²) in [7, 11) is 0. The molecule has 5 heteroatoms. The van der Waals surface area contributed by atoms with Gasteiger partial charge in [-0.25, -0.2) is 4.39 Å². The van der Waals surface area contributed by atoms with Gasteiger partial charge in [-0.2, -0.15) is 0 Å². The number of fused-ring (bicyclic) bond motifs is 1. The van der Waals surface area contributed by atoms with Crippen LogP contribution in [-0.4, -0.2) is 36.4 Å². The summed E-state index contributed by atoms with van der Waals surface area (Å²) in [5, 5.41) is 13.8. The van der Waals surface area contributed by atoms with E-state index in [9.17, 15) is 14.3 Å². The molecule has 1 aliphatic rings. The average molecular weight is 289 g/mol. The summed E-state index contributed by atoms with van der Waals surface area (Å²) >= 11 is 0. The van der Waals surface area contributed by atoms with Crippen LogP contribution in [0.15, 0.2) is 36.4 Å². The highest BCUT2D eigenvalue weighted by Gasteiger charge is 2.32. The molecular weight excluding hydrogens is 273 g/mol. The van der Waals surface area contributed by atoms with Crippen LogP contribution in [0.4, 0.5) is 4.39 Å². The predicted molar refractivity (Wildman–Crippen MR) is 76.6 cm³/mol. The number of hydrogen-bond donors (Lipinski definition) is 2. The van der Waals surface area contributed by atoms with Crippen LogP contribution in [0, 0.1) is 5.82 Å². The Kier molecular flexibility index (Phi) is 3.61. The van der Waals surface area contributed by atoms with Gasteiger partial charge in [-0.1, -0.05) is 24.3 Å². The summed E-state index contributed by atoms with van der Waals surface area (Å²) in [5.74, 6) is -0.684. The van der Waals surface area contributed by atoms with E-state index < -0.39 is 5.60 Å². The van der Waals surface area contributed by atoms with Crippen LogP contribution < -0.4 is 5.32 Å². The van der Waals surface area contributed by atoms with Crippen molar-refractivity contribution in [3.63, 3.8) is 0 Å². The van der Waals surface area contributed by atoms with Gasteiger partial charge in [0, 0.05) is 30.5 Å². The Morgan fingerprint density at radius 2 is 2.05 bits per heavy atom. The second-order valence-electron chi connectivity index (χ2n) is 5.35. The molecule has 3 rings (SSSR count). The second-order valence-corrected chi connectivity index (χ2v) is 5.35. The van der Waals surface area contributed by atoms with Crippen molar-refractivity contribution in [2.24, 2.45) is 0 Å². The fourth-order valence-electron chi connectivity index (χ4n) is 2.54. The van der Waals surface area contributed by atoms with E-state index in [1.54, 1.807) is 24.3 Å². The molecule has 0 aliphatic carbocycles. The van der Waals surface area contributed by atoms with Crippen LogP contribution in [0.1, 0.15) is 16.8 Å². The molecule has 21 heavy (non-hydrogen) atoms. The van der Waals surface area contributed by atoms with Crippen molar-refractivity contribution in [1.82, 2.24) is 5.32 Å². The number of benzene rings is 2. The molecule has 1 atom stereocenters. The zero-order chi connectivity index (χ0) is 14.9. The van der Waals surface area contributed by atoms with E-state index in [4.69, 9.17) is 4.74 Å². The largest absolute Gasteiger partial charge is 0.386 e. The molecule has 4 nitrogen and oxygen atoms in total. The molecule has 1 aliphatic heterocycles. The Morgan fingerprint density at radius 1 is 1.29 bits per heavy atom. The van der Waals surface area contributed by atoms with Crippen molar-refractivity contribution in [3.8, 4) is 0 Å². The van der Waals surface area contributed by atoms with Gasteiger partial charge in [0.2, 0.25) is 0 Å². The maximum Gasteiger partial charge on any atom is 0.252 e. The van der Waals surface area contributed by atoms with Crippen molar-refractivity contribution >= 4 is 16.7 Å². The molecule has 1 fully saturated rings. The van der Waals surface area contributed by atoms with Crippen molar-refractivity contribution in [1.29, 1.82) is 0 Å². The molecule has 1 saturated heterocycles. The predicted octanol–water partition coefficient (Wildman–Crippen LogP) is 1.86. The molecule has 1 heterocycles. The maximum absolute atomic E-state index is 13.7. The van der Waals surface area contributed by atoms with Gasteiger partial charge in [0.05, 0.1) is 6.61 Å². The third-order valence-corrected chi connectivity index (χ3v) is 3.78. The number of nitrogens with one attached hydrogen (secondary N) is 1. The van der Waals surface area contributed by atoms with Crippen molar-refractivity contribution in [2.45, 2.75) is 12.0 Å². The highest BCUT2D eigenvalue weighted by molar-refractivity contribution is 6.07. The van der Waals surface area contributed by atoms with Gasteiger partial charge in [-0.05, 0) is 17.5 Å². The van der Waals surface area contributed by atoms with Crippen LogP contribution in [-0.2, 0) is 4.74 Å². The molecule has 0 bridgehead atoms. The Bertz CT molecular complexity index is 680. The first kappa shape index (κ1) is 14.0. The Labute approximate surface area is 121 Å². The number of hydrogen-bond acceptors (Lipinski definition) is 3. The molecule has 110 valence electrons. The van der Waals surface area contributed by atoms with E-state index in [1.165, 1.54) is 12.1 Å². The Balaban J connectivity index is 1.83. The molecular formula is C16H16FNO3. The zero-order valence-corrected chi connectivity index (χ0v) is 11.4. The lowest BCUT2D eigenvalue weighted by Gasteiger charge is -2.20. The highest BCUT2D eigenvalue weighted by atomic mass is 19.1. The van der Waals surface area contributed by atoms with Crippen molar-refractivity contribution in [2.75, 3.05) is 19.8 Å². The molecule has 1 unspecified atom stereocenters. The van der Waals surface area contributed by atoms with Gasteiger partial charge in [-0.15, -0.1) is 0 Å². The topological polar surface area (TPSA) is 58.6 Å². The van der Waals surface area contributed by atoms with Gasteiger partial charge in [-0.3, -0.25) is 4.79 Å². The van der Waals surface area contributed by atoms with E-state index in [0.29, 0.717) is 29.4 Å².